The van der Waals surface area contributed by atoms with Crippen molar-refractivity contribution >= 4 is 11.6 Å². The second-order valence-corrected chi connectivity index (χ2v) is 5.45. The maximum Gasteiger partial charge on any atom is 0.417 e. The summed E-state index contributed by atoms with van der Waals surface area (Å²) in [5.41, 5.74) is 5.60. The van der Waals surface area contributed by atoms with Crippen molar-refractivity contribution in [2.75, 3.05) is 5.43 Å². The highest BCUT2D eigenvalue weighted by Crippen LogP contribution is 2.30. The third-order valence-corrected chi connectivity index (χ3v) is 3.50. The molecule has 27 heavy (non-hydrogen) atoms. The number of hydrogen-bond donors (Lipinski definition) is 2. The highest BCUT2D eigenvalue weighted by atomic mass is 19.4. The number of para-hydroxylation sites is 1. The molecule has 0 fully saturated rings. The highest BCUT2D eigenvalue weighted by Gasteiger charge is 2.30. The molecule has 0 aliphatic heterocycles. The number of amides is 1. The highest BCUT2D eigenvalue weighted by molar-refractivity contribution is 5.94. The summed E-state index contributed by atoms with van der Waals surface area (Å²) in [7, 11) is 0. The molecule has 138 valence electrons. The number of nitrogens with zero attached hydrogens (tertiary/aromatic N) is 1. The molecule has 0 atom stereocenters. The minimum atomic E-state index is -4.45. The molecule has 0 aliphatic rings. The quantitative estimate of drug-likeness (QED) is 0.639. The molecule has 1 amide bonds. The molecule has 0 saturated carbocycles. The zero-order valence-corrected chi connectivity index (χ0v) is 13.8. The lowest BCUT2D eigenvalue weighted by Crippen LogP contribution is -2.29. The first-order valence-corrected chi connectivity index (χ1v) is 7.84. The Kier molecular flexibility index (Phi) is 5.25. The molecule has 5 nitrogen and oxygen atoms in total. The van der Waals surface area contributed by atoms with Gasteiger partial charge < -0.3 is 4.74 Å². The molecular formula is C19H14F3N3O2. The third-order valence-electron chi connectivity index (χ3n) is 3.50. The normalized spacial score (nSPS) is 10.9. The number of ether oxygens (including phenoxy) is 1. The molecule has 1 heterocycles. The van der Waals surface area contributed by atoms with Gasteiger partial charge in [-0.2, -0.15) is 13.2 Å². The number of hydrogen-bond acceptors (Lipinski definition) is 4. The molecule has 3 rings (SSSR count). The minimum Gasteiger partial charge on any atom is -0.439 e. The van der Waals surface area contributed by atoms with Crippen LogP contribution in [-0.2, 0) is 6.18 Å². The van der Waals surface area contributed by atoms with E-state index in [4.69, 9.17) is 4.74 Å². The minimum absolute atomic E-state index is 0.0194. The van der Waals surface area contributed by atoms with E-state index in [2.05, 4.69) is 15.8 Å². The van der Waals surface area contributed by atoms with Gasteiger partial charge in [0, 0.05) is 17.8 Å². The van der Waals surface area contributed by atoms with E-state index < -0.39 is 11.7 Å². The van der Waals surface area contributed by atoms with Crippen molar-refractivity contribution in [2.24, 2.45) is 0 Å². The summed E-state index contributed by atoms with van der Waals surface area (Å²) in [6.07, 6.45) is -3.75. The Balaban J connectivity index is 1.59. The Hall–Kier alpha value is -3.55. The third kappa shape index (κ3) is 4.97. The van der Waals surface area contributed by atoms with Gasteiger partial charge in [-0.3, -0.25) is 15.6 Å². The maximum absolute atomic E-state index is 12.5. The van der Waals surface area contributed by atoms with Gasteiger partial charge in [0.25, 0.3) is 5.91 Å². The Bertz CT molecular complexity index is 896. The first-order chi connectivity index (χ1) is 12.9. The number of benzene rings is 2. The molecule has 0 radical (unpaired) electrons. The monoisotopic (exact) mass is 373 g/mol. The molecule has 0 spiro atoms. The first-order valence-electron chi connectivity index (χ1n) is 7.84. The zero-order valence-electron chi connectivity index (χ0n) is 13.8. The Morgan fingerprint density at radius 2 is 1.63 bits per heavy atom. The van der Waals surface area contributed by atoms with E-state index in [1.807, 2.05) is 18.2 Å². The lowest BCUT2D eigenvalue weighted by molar-refractivity contribution is -0.137. The number of anilines is 1. The van der Waals surface area contributed by atoms with Gasteiger partial charge in [-0.1, -0.05) is 18.2 Å². The fourth-order valence-electron chi connectivity index (χ4n) is 2.13. The molecule has 2 aromatic carbocycles. The van der Waals surface area contributed by atoms with E-state index >= 15 is 0 Å². The second-order valence-electron chi connectivity index (χ2n) is 5.45. The van der Waals surface area contributed by atoms with Gasteiger partial charge in [0.1, 0.15) is 5.75 Å². The SMILES string of the molecule is O=C(NNc1ccccc1)c1ccc(Oc2ccc(C(F)(F)F)cn2)cc1. The molecule has 0 saturated heterocycles. The second kappa shape index (κ2) is 7.77. The van der Waals surface area contributed by atoms with Crippen LogP contribution in [-0.4, -0.2) is 10.9 Å². The van der Waals surface area contributed by atoms with E-state index in [1.54, 1.807) is 12.1 Å². The van der Waals surface area contributed by atoms with Crippen LogP contribution in [0.1, 0.15) is 15.9 Å². The Morgan fingerprint density at radius 1 is 0.926 bits per heavy atom. The largest absolute Gasteiger partial charge is 0.439 e. The molecule has 1 aromatic heterocycles. The van der Waals surface area contributed by atoms with E-state index in [1.165, 1.54) is 24.3 Å². The Morgan fingerprint density at radius 3 is 2.22 bits per heavy atom. The van der Waals surface area contributed by atoms with Crippen LogP contribution in [0.2, 0.25) is 0 Å². The topological polar surface area (TPSA) is 63.2 Å². The van der Waals surface area contributed by atoms with E-state index in [0.717, 1.165) is 17.8 Å². The van der Waals surface area contributed by atoms with Gasteiger partial charge in [0.15, 0.2) is 0 Å². The van der Waals surface area contributed by atoms with Crippen molar-refractivity contribution in [3.63, 3.8) is 0 Å². The van der Waals surface area contributed by atoms with Gasteiger partial charge in [0.05, 0.1) is 11.3 Å². The van der Waals surface area contributed by atoms with Crippen LogP contribution < -0.4 is 15.6 Å². The van der Waals surface area contributed by atoms with Crippen LogP contribution in [0.3, 0.4) is 0 Å². The number of aromatic nitrogens is 1. The summed E-state index contributed by atoms with van der Waals surface area (Å²) in [6, 6.07) is 17.2. The lowest BCUT2D eigenvalue weighted by Gasteiger charge is -2.10. The van der Waals surface area contributed by atoms with Crippen molar-refractivity contribution in [1.82, 2.24) is 10.4 Å². The van der Waals surface area contributed by atoms with Crippen molar-refractivity contribution in [1.29, 1.82) is 0 Å². The standard InChI is InChI=1S/C19H14F3N3O2/c20-19(21,22)14-8-11-17(23-12-14)27-16-9-6-13(7-10-16)18(26)25-24-15-4-2-1-3-5-15/h1-12,24H,(H,25,26). The van der Waals surface area contributed by atoms with Gasteiger partial charge in [-0.05, 0) is 42.5 Å². The molecule has 0 bridgehead atoms. The molecule has 2 N–H and O–H groups in total. The molecule has 3 aromatic rings. The van der Waals surface area contributed by atoms with Crippen LogP contribution in [0.5, 0.6) is 11.6 Å². The van der Waals surface area contributed by atoms with Crippen molar-refractivity contribution in [2.45, 2.75) is 6.18 Å². The van der Waals surface area contributed by atoms with E-state index in [9.17, 15) is 18.0 Å². The van der Waals surface area contributed by atoms with Crippen molar-refractivity contribution in [3.8, 4) is 11.6 Å². The van der Waals surface area contributed by atoms with E-state index in [0.29, 0.717) is 17.5 Å². The molecular weight excluding hydrogens is 359 g/mol. The van der Waals surface area contributed by atoms with Crippen molar-refractivity contribution < 1.29 is 22.7 Å². The van der Waals surface area contributed by atoms with Crippen LogP contribution in [0, 0.1) is 0 Å². The number of carbonyl (C=O) groups excluding carboxylic acids is 1. The summed E-state index contributed by atoms with van der Waals surface area (Å²) in [4.78, 5) is 15.7. The fraction of sp³-hybridized carbons (Fsp3) is 0.0526. The van der Waals surface area contributed by atoms with Gasteiger partial charge in [-0.15, -0.1) is 0 Å². The summed E-state index contributed by atoms with van der Waals surface area (Å²) < 4.78 is 42.9. The number of carbonyl (C=O) groups is 1. The smallest absolute Gasteiger partial charge is 0.417 e. The predicted octanol–water partition coefficient (Wildman–Crippen LogP) is 4.65. The van der Waals surface area contributed by atoms with Crippen LogP contribution in [0.4, 0.5) is 18.9 Å². The maximum atomic E-state index is 12.5. The number of pyridine rings is 1. The van der Waals surface area contributed by atoms with Crippen LogP contribution in [0.15, 0.2) is 72.9 Å². The average molecular weight is 373 g/mol. The molecule has 0 unspecified atom stereocenters. The van der Waals surface area contributed by atoms with Gasteiger partial charge in [-0.25, -0.2) is 4.98 Å². The average Bonchev–Trinajstić information content (AvgIpc) is 2.67. The fourth-order valence-corrected chi connectivity index (χ4v) is 2.13. The lowest BCUT2D eigenvalue weighted by atomic mass is 10.2. The number of nitrogens with one attached hydrogen (secondary N) is 2. The molecule has 0 aliphatic carbocycles. The van der Waals surface area contributed by atoms with Gasteiger partial charge in [0.2, 0.25) is 5.88 Å². The number of hydrazine groups is 1. The summed E-state index contributed by atoms with van der Waals surface area (Å²) in [6.45, 7) is 0. The number of halogens is 3. The zero-order chi connectivity index (χ0) is 19.3. The van der Waals surface area contributed by atoms with E-state index in [-0.39, 0.29) is 11.8 Å². The summed E-state index contributed by atoms with van der Waals surface area (Å²) in [5.74, 6) is 0.0128. The Labute approximate surface area is 152 Å². The predicted molar refractivity (Wildman–Crippen MR) is 93.3 cm³/mol. The van der Waals surface area contributed by atoms with Crippen LogP contribution >= 0.6 is 0 Å². The number of alkyl halides is 3. The van der Waals surface area contributed by atoms with Gasteiger partial charge >= 0.3 is 6.18 Å². The first kappa shape index (κ1) is 18.2. The van der Waals surface area contributed by atoms with Crippen molar-refractivity contribution in [3.05, 3.63) is 84.1 Å². The van der Waals surface area contributed by atoms with Crippen LogP contribution in [0.25, 0.3) is 0 Å². The summed E-state index contributed by atoms with van der Waals surface area (Å²) in [5, 5.41) is 0. The number of rotatable bonds is 5. The summed E-state index contributed by atoms with van der Waals surface area (Å²) >= 11 is 0. The molecule has 8 heteroatoms.